The molecule has 58 valence electrons. The van der Waals surface area contributed by atoms with Crippen molar-refractivity contribution in [1.82, 2.24) is 15.2 Å². The first kappa shape index (κ1) is 6.73. The molecular weight excluding hydrogens is 156 g/mol. The summed E-state index contributed by atoms with van der Waals surface area (Å²) in [5, 5.41) is 16.1. The van der Waals surface area contributed by atoms with Crippen LogP contribution in [-0.4, -0.2) is 15.2 Å². The lowest BCUT2D eigenvalue weighted by molar-refractivity contribution is 0.598. The number of hydrogen-bond donors (Lipinski definition) is 0. The summed E-state index contributed by atoms with van der Waals surface area (Å²) >= 11 is 0. The third-order valence-corrected chi connectivity index (χ3v) is 1.42. The number of furan rings is 1. The molecular formula is C7H4N4O. The monoisotopic (exact) mass is 160 g/mol. The predicted molar refractivity (Wildman–Crippen MR) is 39.1 cm³/mol. The van der Waals surface area contributed by atoms with E-state index in [-0.39, 0.29) is 0 Å². The van der Waals surface area contributed by atoms with Gasteiger partial charge in [0.15, 0.2) is 11.3 Å². The maximum Gasteiger partial charge on any atom is 0.250 e. The van der Waals surface area contributed by atoms with E-state index in [1.165, 1.54) is 6.26 Å². The molecule has 2 aromatic heterocycles. The van der Waals surface area contributed by atoms with Crippen LogP contribution in [0.3, 0.4) is 0 Å². The van der Waals surface area contributed by atoms with Gasteiger partial charge in [0, 0.05) is 0 Å². The molecule has 0 spiro atoms. The molecule has 2 rings (SSSR count). The van der Waals surface area contributed by atoms with E-state index in [0.717, 1.165) is 0 Å². The van der Waals surface area contributed by atoms with Crippen molar-refractivity contribution in [3.05, 3.63) is 17.7 Å². The van der Waals surface area contributed by atoms with Gasteiger partial charge in [0.1, 0.15) is 17.9 Å². The van der Waals surface area contributed by atoms with E-state index in [0.29, 0.717) is 22.6 Å². The summed E-state index contributed by atoms with van der Waals surface area (Å²) < 4.78 is 4.98. The van der Waals surface area contributed by atoms with Crippen molar-refractivity contribution in [1.29, 1.82) is 5.26 Å². The summed E-state index contributed by atoms with van der Waals surface area (Å²) in [5.74, 6) is 0.529. The Hall–Kier alpha value is -1.96. The van der Waals surface area contributed by atoms with Crippen LogP contribution < -0.4 is 0 Å². The van der Waals surface area contributed by atoms with E-state index >= 15 is 0 Å². The number of nitrogens with zero attached hydrogens (tertiary/aromatic N) is 4. The van der Waals surface area contributed by atoms with Crippen LogP contribution in [0.2, 0.25) is 0 Å². The first-order valence-electron chi connectivity index (χ1n) is 3.30. The van der Waals surface area contributed by atoms with Crippen molar-refractivity contribution in [3.63, 3.8) is 0 Å². The summed E-state index contributed by atoms with van der Waals surface area (Å²) in [4.78, 5) is 3.95. The molecule has 0 aliphatic carbocycles. The topological polar surface area (TPSA) is 75.6 Å². The second-order valence-corrected chi connectivity index (χ2v) is 2.27. The molecule has 0 amide bonds. The normalized spacial score (nSPS) is 10.0. The number of hydrogen-bond acceptors (Lipinski definition) is 5. The van der Waals surface area contributed by atoms with Gasteiger partial charge in [-0.3, -0.25) is 0 Å². The SMILES string of the molecule is Cc1nnc2c(C#N)coc2n1. The van der Waals surface area contributed by atoms with Gasteiger partial charge in [0.05, 0.1) is 0 Å². The Bertz CT molecular complexity index is 468. The number of aryl methyl sites for hydroxylation is 1. The van der Waals surface area contributed by atoms with Crippen LogP contribution in [-0.2, 0) is 0 Å². The molecule has 0 atom stereocenters. The molecule has 0 bridgehead atoms. The van der Waals surface area contributed by atoms with E-state index in [9.17, 15) is 0 Å². The quantitative estimate of drug-likeness (QED) is 0.569. The van der Waals surface area contributed by atoms with Gasteiger partial charge in [-0.05, 0) is 6.92 Å². The molecule has 0 saturated heterocycles. The molecule has 2 heterocycles. The van der Waals surface area contributed by atoms with Crippen molar-refractivity contribution in [2.45, 2.75) is 6.92 Å². The molecule has 0 aliphatic heterocycles. The van der Waals surface area contributed by atoms with Crippen molar-refractivity contribution < 1.29 is 4.42 Å². The standard InChI is InChI=1S/C7H4N4O/c1-4-9-7-6(11-10-4)5(2-8)3-12-7/h3H,1H3. The Morgan fingerprint density at radius 1 is 1.50 bits per heavy atom. The Morgan fingerprint density at radius 2 is 2.33 bits per heavy atom. The van der Waals surface area contributed by atoms with Crippen LogP contribution >= 0.6 is 0 Å². The van der Waals surface area contributed by atoms with Crippen molar-refractivity contribution in [2.24, 2.45) is 0 Å². The largest absolute Gasteiger partial charge is 0.443 e. The minimum Gasteiger partial charge on any atom is -0.443 e. The summed E-state index contributed by atoms with van der Waals surface area (Å²) in [5.41, 5.74) is 1.15. The van der Waals surface area contributed by atoms with Crippen LogP contribution in [0.25, 0.3) is 11.2 Å². The molecule has 0 radical (unpaired) electrons. The zero-order valence-electron chi connectivity index (χ0n) is 6.27. The third kappa shape index (κ3) is 0.820. The fourth-order valence-electron chi connectivity index (χ4n) is 0.889. The number of aromatic nitrogens is 3. The molecule has 12 heavy (non-hydrogen) atoms. The van der Waals surface area contributed by atoms with Crippen LogP contribution in [0.15, 0.2) is 10.7 Å². The number of fused-ring (bicyclic) bond motifs is 1. The van der Waals surface area contributed by atoms with Gasteiger partial charge in [-0.2, -0.15) is 10.2 Å². The molecule has 0 N–H and O–H groups in total. The fourth-order valence-corrected chi connectivity index (χ4v) is 0.889. The van der Waals surface area contributed by atoms with Crippen LogP contribution in [0, 0.1) is 18.3 Å². The van der Waals surface area contributed by atoms with Gasteiger partial charge >= 0.3 is 0 Å². The Balaban J connectivity index is 2.84. The van der Waals surface area contributed by atoms with Gasteiger partial charge < -0.3 is 4.42 Å². The first-order chi connectivity index (χ1) is 5.81. The molecule has 5 nitrogen and oxygen atoms in total. The van der Waals surface area contributed by atoms with Crippen LogP contribution in [0.1, 0.15) is 11.4 Å². The van der Waals surface area contributed by atoms with E-state index < -0.39 is 0 Å². The first-order valence-corrected chi connectivity index (χ1v) is 3.30. The number of rotatable bonds is 0. The molecule has 0 fully saturated rings. The second kappa shape index (κ2) is 2.27. The fraction of sp³-hybridized carbons (Fsp3) is 0.143. The average molecular weight is 160 g/mol. The summed E-state index contributed by atoms with van der Waals surface area (Å²) in [6, 6.07) is 1.93. The van der Waals surface area contributed by atoms with Gasteiger partial charge in [0.2, 0.25) is 5.71 Å². The summed E-state index contributed by atoms with van der Waals surface area (Å²) in [6.45, 7) is 1.71. The maximum atomic E-state index is 8.59. The van der Waals surface area contributed by atoms with Crippen LogP contribution in [0.5, 0.6) is 0 Å². The molecule has 0 aromatic carbocycles. The molecule has 0 saturated carbocycles. The lowest BCUT2D eigenvalue weighted by Crippen LogP contribution is -1.90. The van der Waals surface area contributed by atoms with Crippen molar-refractivity contribution in [3.8, 4) is 6.07 Å². The summed E-state index contributed by atoms with van der Waals surface area (Å²) in [7, 11) is 0. The van der Waals surface area contributed by atoms with Crippen LogP contribution in [0.4, 0.5) is 0 Å². The zero-order valence-corrected chi connectivity index (χ0v) is 6.27. The highest BCUT2D eigenvalue weighted by atomic mass is 16.3. The molecule has 0 aliphatic rings. The Morgan fingerprint density at radius 3 is 3.08 bits per heavy atom. The van der Waals surface area contributed by atoms with E-state index in [4.69, 9.17) is 9.68 Å². The third-order valence-electron chi connectivity index (χ3n) is 1.42. The lowest BCUT2D eigenvalue weighted by Gasteiger charge is -1.86. The Labute approximate surface area is 67.7 Å². The van der Waals surface area contributed by atoms with Crippen molar-refractivity contribution >= 4 is 11.2 Å². The second-order valence-electron chi connectivity index (χ2n) is 2.27. The van der Waals surface area contributed by atoms with Gasteiger partial charge in [0.25, 0.3) is 0 Å². The lowest BCUT2D eigenvalue weighted by atomic mass is 10.3. The smallest absolute Gasteiger partial charge is 0.250 e. The number of nitriles is 1. The molecule has 0 unspecified atom stereocenters. The molecule has 2 aromatic rings. The predicted octanol–water partition coefficient (Wildman–Crippen LogP) is 0.798. The minimum absolute atomic E-state index is 0.360. The minimum atomic E-state index is 0.360. The highest BCUT2D eigenvalue weighted by Gasteiger charge is 2.07. The van der Waals surface area contributed by atoms with Gasteiger partial charge in [-0.15, -0.1) is 10.2 Å². The van der Waals surface area contributed by atoms with Gasteiger partial charge in [-0.25, -0.2) is 0 Å². The average Bonchev–Trinajstić information content (AvgIpc) is 2.46. The molecule has 5 heteroatoms. The van der Waals surface area contributed by atoms with Gasteiger partial charge in [-0.1, -0.05) is 0 Å². The van der Waals surface area contributed by atoms with E-state index in [2.05, 4.69) is 15.2 Å². The summed E-state index contributed by atoms with van der Waals surface area (Å²) in [6.07, 6.45) is 1.33. The van der Waals surface area contributed by atoms with E-state index in [1.54, 1.807) is 6.92 Å². The maximum absolute atomic E-state index is 8.59. The Kier molecular flexibility index (Phi) is 1.27. The van der Waals surface area contributed by atoms with Crippen molar-refractivity contribution in [2.75, 3.05) is 0 Å². The highest BCUT2D eigenvalue weighted by Crippen LogP contribution is 2.14. The zero-order chi connectivity index (χ0) is 8.55. The van der Waals surface area contributed by atoms with E-state index in [1.807, 2.05) is 6.07 Å². The highest BCUT2D eigenvalue weighted by molar-refractivity contribution is 5.74.